The first kappa shape index (κ1) is 21.0. The van der Waals surface area contributed by atoms with Gasteiger partial charge in [0.1, 0.15) is 18.1 Å². The van der Waals surface area contributed by atoms with Crippen molar-refractivity contribution in [3.63, 3.8) is 0 Å². The van der Waals surface area contributed by atoms with E-state index in [9.17, 15) is 14.7 Å². The monoisotopic (exact) mass is 452 g/mol. The van der Waals surface area contributed by atoms with Crippen molar-refractivity contribution in [3.05, 3.63) is 60.6 Å². The van der Waals surface area contributed by atoms with E-state index in [-0.39, 0.29) is 12.3 Å². The molecule has 0 aliphatic rings. The van der Waals surface area contributed by atoms with Crippen molar-refractivity contribution >= 4 is 29.5 Å². The molecule has 0 saturated carbocycles. The third-order valence-corrected chi connectivity index (χ3v) is 4.77. The van der Waals surface area contributed by atoms with Crippen LogP contribution in [0.2, 0.25) is 0 Å². The summed E-state index contributed by atoms with van der Waals surface area (Å²) in [6.45, 7) is -0.182. The number of hydrogen-bond acceptors (Lipinski definition) is 10. The van der Waals surface area contributed by atoms with E-state index >= 15 is 0 Å². The summed E-state index contributed by atoms with van der Waals surface area (Å²) in [5.41, 5.74) is 1.27. The van der Waals surface area contributed by atoms with E-state index in [1.54, 1.807) is 36.5 Å². The third kappa shape index (κ3) is 5.66. The molecule has 13 heteroatoms. The van der Waals surface area contributed by atoms with Crippen LogP contribution in [0.5, 0.6) is 5.75 Å². The standard InChI is InChI=1S/C19H16N8O4S/c28-14-6-4-12(5-7-14)17-24-25-19(31-17)32-11-13-9-27(26-23-13)10-16(29)22-18(30)21-15-3-1-2-8-20-15/h1-9,28H,10-11H2,(H2,20,21,22,29,30). The smallest absolute Gasteiger partial charge is 0.327 e. The molecule has 3 heterocycles. The van der Waals surface area contributed by atoms with E-state index in [4.69, 9.17) is 4.42 Å². The minimum atomic E-state index is -0.689. The highest BCUT2D eigenvalue weighted by molar-refractivity contribution is 7.98. The summed E-state index contributed by atoms with van der Waals surface area (Å²) in [6, 6.07) is 10.7. The van der Waals surface area contributed by atoms with Gasteiger partial charge in [0.05, 0.1) is 5.69 Å². The molecule has 0 aliphatic carbocycles. The topological polar surface area (TPSA) is 161 Å². The van der Waals surface area contributed by atoms with Crippen LogP contribution >= 0.6 is 11.8 Å². The van der Waals surface area contributed by atoms with Gasteiger partial charge < -0.3 is 9.52 Å². The zero-order valence-corrected chi connectivity index (χ0v) is 17.2. The molecule has 0 saturated heterocycles. The third-order valence-electron chi connectivity index (χ3n) is 3.92. The number of phenolic OH excluding ortho intramolecular Hbond substituents is 1. The molecule has 1 aromatic carbocycles. The van der Waals surface area contributed by atoms with Gasteiger partial charge in [-0.1, -0.05) is 23.0 Å². The number of pyridine rings is 1. The molecule has 0 radical (unpaired) electrons. The van der Waals surface area contributed by atoms with Gasteiger partial charge in [0.25, 0.3) is 5.22 Å². The second-order valence-corrected chi connectivity index (χ2v) is 7.26. The molecule has 0 fully saturated rings. The average Bonchev–Trinajstić information content (AvgIpc) is 3.43. The van der Waals surface area contributed by atoms with E-state index < -0.39 is 11.9 Å². The van der Waals surface area contributed by atoms with Crippen LogP contribution in [0, 0.1) is 0 Å². The van der Waals surface area contributed by atoms with Crippen LogP contribution in [0.25, 0.3) is 11.5 Å². The van der Waals surface area contributed by atoms with E-state index in [2.05, 4.69) is 36.1 Å². The molecule has 0 atom stereocenters. The number of carbonyl (C=O) groups excluding carboxylic acids is 2. The summed E-state index contributed by atoms with van der Waals surface area (Å²) < 4.78 is 6.90. The maximum absolute atomic E-state index is 12.0. The van der Waals surface area contributed by atoms with Crippen molar-refractivity contribution in [2.75, 3.05) is 5.32 Å². The van der Waals surface area contributed by atoms with Gasteiger partial charge in [-0.2, -0.15) is 0 Å². The molecule has 32 heavy (non-hydrogen) atoms. The summed E-state index contributed by atoms with van der Waals surface area (Å²) in [5, 5.41) is 30.1. The largest absolute Gasteiger partial charge is 0.508 e. The molecule has 3 N–H and O–H groups in total. The maximum atomic E-state index is 12.0. The van der Waals surface area contributed by atoms with E-state index in [1.165, 1.54) is 34.8 Å². The van der Waals surface area contributed by atoms with Crippen LogP contribution in [-0.2, 0) is 17.1 Å². The lowest BCUT2D eigenvalue weighted by atomic mass is 10.2. The molecule has 4 rings (SSSR count). The summed E-state index contributed by atoms with van der Waals surface area (Å²) in [6.07, 6.45) is 3.11. The Kier molecular flexibility index (Phi) is 6.36. The van der Waals surface area contributed by atoms with Crippen molar-refractivity contribution < 1.29 is 19.1 Å². The number of aromatic nitrogens is 6. The first-order chi connectivity index (χ1) is 15.5. The number of thioether (sulfide) groups is 1. The zero-order valence-electron chi connectivity index (χ0n) is 16.4. The predicted molar refractivity (Wildman–Crippen MR) is 112 cm³/mol. The zero-order chi connectivity index (χ0) is 22.3. The molecule has 0 spiro atoms. The molecular weight excluding hydrogens is 436 g/mol. The van der Waals surface area contributed by atoms with Gasteiger partial charge in [0, 0.05) is 23.7 Å². The number of nitrogens with zero attached hydrogens (tertiary/aromatic N) is 6. The number of amides is 3. The highest BCUT2D eigenvalue weighted by Crippen LogP contribution is 2.26. The number of benzene rings is 1. The first-order valence-corrected chi connectivity index (χ1v) is 10.2. The predicted octanol–water partition coefficient (Wildman–Crippen LogP) is 2.07. The number of imide groups is 1. The van der Waals surface area contributed by atoms with Crippen LogP contribution in [0.1, 0.15) is 5.69 Å². The van der Waals surface area contributed by atoms with Crippen molar-refractivity contribution in [2.45, 2.75) is 17.5 Å². The Bertz CT molecular complexity index is 1210. The SMILES string of the molecule is O=C(Cn1cc(CSc2nnc(-c3ccc(O)cc3)o2)nn1)NC(=O)Nc1ccccn1. The molecule has 3 amide bonds. The summed E-state index contributed by atoms with van der Waals surface area (Å²) in [5.74, 6) is 0.634. The lowest BCUT2D eigenvalue weighted by molar-refractivity contribution is -0.120. The molecule has 162 valence electrons. The Morgan fingerprint density at radius 3 is 2.72 bits per heavy atom. The molecule has 0 aliphatic heterocycles. The molecule has 0 unspecified atom stereocenters. The van der Waals surface area contributed by atoms with E-state index in [0.29, 0.717) is 33.9 Å². The second-order valence-electron chi connectivity index (χ2n) is 6.33. The van der Waals surface area contributed by atoms with Crippen LogP contribution in [0.3, 0.4) is 0 Å². The number of urea groups is 1. The average molecular weight is 452 g/mol. The minimum absolute atomic E-state index is 0.147. The van der Waals surface area contributed by atoms with Crippen molar-refractivity contribution in [1.29, 1.82) is 0 Å². The van der Waals surface area contributed by atoms with Gasteiger partial charge in [-0.15, -0.1) is 15.3 Å². The van der Waals surface area contributed by atoms with Crippen LogP contribution in [0.4, 0.5) is 10.6 Å². The lowest BCUT2D eigenvalue weighted by Gasteiger charge is -2.05. The Morgan fingerprint density at radius 2 is 1.94 bits per heavy atom. The van der Waals surface area contributed by atoms with Crippen molar-refractivity contribution in [3.8, 4) is 17.2 Å². The fourth-order valence-corrected chi connectivity index (χ4v) is 3.14. The highest BCUT2D eigenvalue weighted by Gasteiger charge is 2.13. The minimum Gasteiger partial charge on any atom is -0.508 e. The highest BCUT2D eigenvalue weighted by atomic mass is 32.2. The van der Waals surface area contributed by atoms with Gasteiger partial charge in [0.15, 0.2) is 0 Å². The maximum Gasteiger partial charge on any atom is 0.327 e. The summed E-state index contributed by atoms with van der Waals surface area (Å²) in [7, 11) is 0. The Balaban J connectivity index is 1.25. The molecule has 3 aromatic heterocycles. The number of aromatic hydroxyl groups is 1. The van der Waals surface area contributed by atoms with Gasteiger partial charge in [-0.05, 0) is 36.4 Å². The quantitative estimate of drug-likeness (QED) is 0.354. The number of anilines is 1. The van der Waals surface area contributed by atoms with Gasteiger partial charge >= 0.3 is 6.03 Å². The molecule has 4 aromatic rings. The number of hydrogen-bond donors (Lipinski definition) is 3. The van der Waals surface area contributed by atoms with Gasteiger partial charge in [-0.3, -0.25) is 15.4 Å². The van der Waals surface area contributed by atoms with E-state index in [0.717, 1.165) is 0 Å². The Labute approximate surface area is 185 Å². The van der Waals surface area contributed by atoms with E-state index in [1.807, 2.05) is 0 Å². The van der Waals surface area contributed by atoms with Crippen LogP contribution < -0.4 is 10.6 Å². The Morgan fingerprint density at radius 1 is 1.09 bits per heavy atom. The summed E-state index contributed by atoms with van der Waals surface area (Å²) in [4.78, 5) is 27.8. The first-order valence-electron chi connectivity index (χ1n) is 9.22. The van der Waals surface area contributed by atoms with Crippen LogP contribution in [-0.4, -0.2) is 47.2 Å². The molecule has 12 nitrogen and oxygen atoms in total. The fourth-order valence-electron chi connectivity index (χ4n) is 2.50. The lowest BCUT2D eigenvalue weighted by Crippen LogP contribution is -2.36. The normalized spacial score (nSPS) is 10.6. The number of rotatable bonds is 7. The van der Waals surface area contributed by atoms with Crippen LogP contribution in [0.15, 0.2) is 64.5 Å². The molecule has 0 bridgehead atoms. The number of carbonyl (C=O) groups is 2. The van der Waals surface area contributed by atoms with Gasteiger partial charge in [0.2, 0.25) is 11.8 Å². The number of phenols is 1. The van der Waals surface area contributed by atoms with Crippen molar-refractivity contribution in [2.24, 2.45) is 0 Å². The van der Waals surface area contributed by atoms with Crippen molar-refractivity contribution in [1.82, 2.24) is 35.5 Å². The molecular formula is C19H16N8O4S. The number of nitrogens with one attached hydrogen (secondary N) is 2. The fraction of sp³-hybridized carbons (Fsp3) is 0.105. The summed E-state index contributed by atoms with van der Waals surface area (Å²) >= 11 is 1.26. The van der Waals surface area contributed by atoms with Gasteiger partial charge in [-0.25, -0.2) is 14.5 Å². The second kappa shape index (κ2) is 9.70. The Hall–Kier alpha value is -4.26.